The molecule has 3 rings (SSSR count). The number of thioether (sulfide) groups is 1. The van der Waals surface area contributed by atoms with Crippen LogP contribution in [-0.2, 0) is 4.79 Å². The van der Waals surface area contributed by atoms with Crippen molar-refractivity contribution in [3.63, 3.8) is 0 Å². The van der Waals surface area contributed by atoms with Gasteiger partial charge in [0.2, 0.25) is 0 Å². The number of allylic oxidation sites excluding steroid dienone is 1. The van der Waals surface area contributed by atoms with Crippen molar-refractivity contribution in [1.82, 2.24) is 0 Å². The van der Waals surface area contributed by atoms with Crippen molar-refractivity contribution in [2.24, 2.45) is 0 Å². The summed E-state index contributed by atoms with van der Waals surface area (Å²) in [6.07, 6.45) is 4.88. The van der Waals surface area contributed by atoms with Gasteiger partial charge in [-0.05, 0) is 64.8 Å². The van der Waals surface area contributed by atoms with Crippen LogP contribution in [0.1, 0.15) is 29.5 Å². The third-order valence-corrected chi connectivity index (χ3v) is 5.21. The zero-order valence-electron chi connectivity index (χ0n) is 13.8. The summed E-state index contributed by atoms with van der Waals surface area (Å²) >= 11 is 1.98. The quantitative estimate of drug-likeness (QED) is 0.775. The Morgan fingerprint density at radius 3 is 2.04 bits per heavy atom. The van der Waals surface area contributed by atoms with E-state index in [0.29, 0.717) is 0 Å². The molecular weight excluding hydrogens is 332 g/mol. The Morgan fingerprint density at radius 1 is 0.920 bits per heavy atom. The monoisotopic (exact) mass is 352 g/mol. The smallest absolute Gasteiger partial charge is 0.328 e. The molecular formula is C21H20O3S. The lowest BCUT2D eigenvalue weighted by molar-refractivity contribution is -0.131. The Morgan fingerprint density at radius 2 is 1.48 bits per heavy atom. The summed E-state index contributed by atoms with van der Waals surface area (Å²) in [6.45, 7) is 0. The number of phenolic OH excluding ortho intramolecular Hbond substituents is 1. The molecule has 4 heteroatoms. The number of hydrogen-bond donors (Lipinski definition) is 2. The molecule has 1 aliphatic rings. The molecule has 0 aliphatic carbocycles. The van der Waals surface area contributed by atoms with Crippen LogP contribution in [0.4, 0.5) is 0 Å². The second-order valence-corrected chi connectivity index (χ2v) is 7.16. The molecule has 1 heterocycles. The number of benzene rings is 2. The van der Waals surface area contributed by atoms with E-state index in [0.717, 1.165) is 47.1 Å². The van der Waals surface area contributed by atoms with E-state index in [1.807, 2.05) is 48.2 Å². The Balaban J connectivity index is 2.00. The molecule has 3 nitrogen and oxygen atoms in total. The number of aromatic hydroxyl groups is 1. The van der Waals surface area contributed by atoms with Crippen LogP contribution in [0.2, 0.25) is 0 Å². The molecule has 2 aromatic rings. The first-order valence-corrected chi connectivity index (χ1v) is 9.39. The van der Waals surface area contributed by atoms with Crippen LogP contribution in [0.3, 0.4) is 0 Å². The lowest BCUT2D eigenvalue weighted by atomic mass is 9.90. The molecule has 0 aromatic heterocycles. The van der Waals surface area contributed by atoms with Gasteiger partial charge in [-0.1, -0.05) is 42.0 Å². The van der Waals surface area contributed by atoms with E-state index in [1.54, 1.807) is 18.2 Å². The van der Waals surface area contributed by atoms with Crippen LogP contribution >= 0.6 is 11.8 Å². The average molecular weight is 352 g/mol. The van der Waals surface area contributed by atoms with Crippen LogP contribution in [0.25, 0.3) is 11.6 Å². The zero-order valence-corrected chi connectivity index (χ0v) is 14.6. The molecule has 1 fully saturated rings. The van der Waals surface area contributed by atoms with Crippen molar-refractivity contribution >= 4 is 29.4 Å². The SMILES string of the molecule is O=C(O)/C=C/c1ccc(C(=C2CCSCC2)c2ccc(O)cc2)cc1. The maximum absolute atomic E-state index is 10.7. The third kappa shape index (κ3) is 4.54. The van der Waals surface area contributed by atoms with Gasteiger partial charge < -0.3 is 10.2 Å². The van der Waals surface area contributed by atoms with E-state index in [1.165, 1.54) is 11.1 Å². The number of carboxylic acids is 1. The van der Waals surface area contributed by atoms with Crippen molar-refractivity contribution in [2.45, 2.75) is 12.8 Å². The highest BCUT2D eigenvalue weighted by Gasteiger charge is 2.15. The molecule has 1 aliphatic heterocycles. The van der Waals surface area contributed by atoms with Gasteiger partial charge in [-0.25, -0.2) is 4.79 Å². The largest absolute Gasteiger partial charge is 0.508 e. The molecule has 0 amide bonds. The predicted molar refractivity (Wildman–Crippen MR) is 104 cm³/mol. The van der Waals surface area contributed by atoms with Crippen molar-refractivity contribution in [2.75, 3.05) is 11.5 Å². The van der Waals surface area contributed by atoms with Crippen LogP contribution < -0.4 is 0 Å². The number of carbonyl (C=O) groups is 1. The van der Waals surface area contributed by atoms with Gasteiger partial charge in [0.1, 0.15) is 5.75 Å². The number of phenols is 1. The van der Waals surface area contributed by atoms with E-state index in [9.17, 15) is 9.90 Å². The summed E-state index contributed by atoms with van der Waals surface area (Å²) in [6, 6.07) is 15.3. The van der Waals surface area contributed by atoms with E-state index in [2.05, 4.69) is 0 Å². The van der Waals surface area contributed by atoms with E-state index in [-0.39, 0.29) is 5.75 Å². The van der Waals surface area contributed by atoms with Gasteiger partial charge in [0, 0.05) is 6.08 Å². The number of rotatable bonds is 4. The van der Waals surface area contributed by atoms with Crippen LogP contribution in [0, 0.1) is 0 Å². The zero-order chi connectivity index (χ0) is 17.6. The molecule has 0 bridgehead atoms. The molecule has 0 unspecified atom stereocenters. The summed E-state index contributed by atoms with van der Waals surface area (Å²) in [7, 11) is 0. The Bertz CT molecular complexity index is 794. The van der Waals surface area contributed by atoms with Gasteiger partial charge in [0.05, 0.1) is 0 Å². The summed E-state index contributed by atoms with van der Waals surface area (Å²) in [5.41, 5.74) is 5.77. The summed E-state index contributed by atoms with van der Waals surface area (Å²) < 4.78 is 0. The fraction of sp³-hybridized carbons (Fsp3) is 0.190. The second-order valence-electron chi connectivity index (χ2n) is 5.93. The van der Waals surface area contributed by atoms with Gasteiger partial charge in [-0.2, -0.15) is 11.8 Å². The van der Waals surface area contributed by atoms with Gasteiger partial charge in [-0.3, -0.25) is 0 Å². The molecule has 25 heavy (non-hydrogen) atoms. The normalized spacial score (nSPS) is 14.6. The first-order chi connectivity index (χ1) is 12.1. The van der Waals surface area contributed by atoms with E-state index < -0.39 is 5.97 Å². The van der Waals surface area contributed by atoms with E-state index in [4.69, 9.17) is 5.11 Å². The van der Waals surface area contributed by atoms with Gasteiger partial charge in [-0.15, -0.1) is 0 Å². The molecule has 2 aromatic carbocycles. The highest BCUT2D eigenvalue weighted by atomic mass is 32.2. The molecule has 128 valence electrons. The topological polar surface area (TPSA) is 57.5 Å². The Hall–Kier alpha value is -2.46. The van der Waals surface area contributed by atoms with Crippen LogP contribution in [-0.4, -0.2) is 27.7 Å². The van der Waals surface area contributed by atoms with Gasteiger partial charge in [0.15, 0.2) is 0 Å². The minimum Gasteiger partial charge on any atom is -0.508 e. The van der Waals surface area contributed by atoms with Crippen LogP contribution in [0.5, 0.6) is 5.75 Å². The minimum absolute atomic E-state index is 0.265. The highest BCUT2D eigenvalue weighted by molar-refractivity contribution is 7.99. The average Bonchev–Trinajstić information content (AvgIpc) is 2.64. The molecule has 1 saturated heterocycles. The molecule has 0 spiro atoms. The first-order valence-electron chi connectivity index (χ1n) is 8.24. The maximum Gasteiger partial charge on any atom is 0.328 e. The maximum atomic E-state index is 10.7. The molecule has 0 saturated carbocycles. The third-order valence-electron chi connectivity index (χ3n) is 4.22. The van der Waals surface area contributed by atoms with Gasteiger partial charge >= 0.3 is 5.97 Å². The predicted octanol–water partition coefficient (Wildman–Crippen LogP) is 4.82. The summed E-state index contributed by atoms with van der Waals surface area (Å²) in [5, 5.41) is 18.3. The van der Waals surface area contributed by atoms with E-state index >= 15 is 0 Å². The second kappa shape index (κ2) is 8.08. The number of hydrogen-bond acceptors (Lipinski definition) is 3. The number of carboxylic acid groups (broad SMARTS) is 1. The first kappa shape index (κ1) is 17.4. The summed E-state index contributed by atoms with van der Waals surface area (Å²) in [4.78, 5) is 10.7. The minimum atomic E-state index is -0.948. The van der Waals surface area contributed by atoms with Crippen molar-refractivity contribution < 1.29 is 15.0 Å². The summed E-state index contributed by atoms with van der Waals surface area (Å²) in [5.74, 6) is 1.59. The molecule has 0 atom stereocenters. The lowest BCUT2D eigenvalue weighted by Crippen LogP contribution is -2.03. The molecule has 2 N–H and O–H groups in total. The Labute approximate surface area is 151 Å². The number of aliphatic carboxylic acids is 1. The van der Waals surface area contributed by atoms with Crippen molar-refractivity contribution in [3.05, 3.63) is 76.9 Å². The Kier molecular flexibility index (Phi) is 5.61. The van der Waals surface area contributed by atoms with Crippen LogP contribution in [0.15, 0.2) is 60.2 Å². The lowest BCUT2D eigenvalue weighted by Gasteiger charge is -2.20. The standard InChI is InChI=1S/C21H20O3S/c22-19-8-6-17(7-9-19)21(18-11-13-25-14-12-18)16-4-1-15(2-5-16)3-10-20(23)24/h1-10,22H,11-14H2,(H,23,24)/b10-3+. The van der Waals surface area contributed by atoms with Crippen molar-refractivity contribution in [1.29, 1.82) is 0 Å². The fourth-order valence-corrected chi connectivity index (χ4v) is 3.98. The highest BCUT2D eigenvalue weighted by Crippen LogP contribution is 2.35. The fourth-order valence-electron chi connectivity index (χ4n) is 3.00. The van der Waals surface area contributed by atoms with Crippen molar-refractivity contribution in [3.8, 4) is 5.75 Å². The van der Waals surface area contributed by atoms with Gasteiger partial charge in [0.25, 0.3) is 0 Å². The molecule has 0 radical (unpaired) electrons.